The summed E-state index contributed by atoms with van der Waals surface area (Å²) in [4.78, 5) is 17.3. The molecule has 6 nitrogen and oxygen atoms in total. The van der Waals surface area contributed by atoms with Crippen LogP contribution in [0.4, 0.5) is 11.4 Å². The van der Waals surface area contributed by atoms with E-state index in [-0.39, 0.29) is 11.8 Å². The summed E-state index contributed by atoms with van der Waals surface area (Å²) in [7, 11) is 2.22. The van der Waals surface area contributed by atoms with E-state index < -0.39 is 0 Å². The monoisotopic (exact) mass is 423 g/mol. The van der Waals surface area contributed by atoms with Gasteiger partial charge in [0.05, 0.1) is 5.69 Å². The first-order valence-corrected chi connectivity index (χ1v) is 12.0. The Morgan fingerprint density at radius 3 is 2.55 bits per heavy atom. The standard InChI is InChI=1S/C25H37N5O/c1-3-6-21-17-22(28-27-21)18-29(2)23-13-15-30(16-14-23)24-11-9-20(10-12-24)26-25(31)19-7-4-5-8-19/h9-12,17,19,23H,3-8,13-16,18H2,1-2H3,(H,26,31)(H,27,28). The minimum Gasteiger partial charge on any atom is -0.371 e. The fraction of sp³-hybridized carbons (Fsp3) is 0.600. The van der Waals surface area contributed by atoms with Crippen LogP contribution >= 0.6 is 0 Å². The van der Waals surface area contributed by atoms with Gasteiger partial charge in [0.25, 0.3) is 0 Å². The van der Waals surface area contributed by atoms with Crippen LogP contribution in [0.25, 0.3) is 0 Å². The molecule has 1 saturated heterocycles. The molecule has 2 N–H and O–H groups in total. The normalized spacial score (nSPS) is 18.1. The number of anilines is 2. The Morgan fingerprint density at radius 2 is 1.87 bits per heavy atom. The molecule has 0 spiro atoms. The van der Waals surface area contributed by atoms with E-state index in [4.69, 9.17) is 0 Å². The molecule has 2 aliphatic rings. The fourth-order valence-corrected chi connectivity index (χ4v) is 5.03. The molecule has 31 heavy (non-hydrogen) atoms. The lowest BCUT2D eigenvalue weighted by Gasteiger charge is -2.37. The molecule has 1 aromatic heterocycles. The summed E-state index contributed by atoms with van der Waals surface area (Å²) in [6.07, 6.45) is 8.93. The highest BCUT2D eigenvalue weighted by molar-refractivity contribution is 5.92. The number of aromatic amines is 1. The van der Waals surface area contributed by atoms with Gasteiger partial charge in [0.2, 0.25) is 5.91 Å². The number of benzene rings is 1. The predicted molar refractivity (Wildman–Crippen MR) is 126 cm³/mol. The van der Waals surface area contributed by atoms with Crippen molar-refractivity contribution in [2.24, 2.45) is 5.92 Å². The first-order chi connectivity index (χ1) is 15.1. The lowest BCUT2D eigenvalue weighted by molar-refractivity contribution is -0.119. The van der Waals surface area contributed by atoms with E-state index in [1.165, 1.54) is 29.9 Å². The highest BCUT2D eigenvalue weighted by Gasteiger charge is 2.24. The molecule has 1 saturated carbocycles. The maximum atomic E-state index is 12.3. The Labute approximate surface area is 186 Å². The number of aromatic nitrogens is 2. The van der Waals surface area contributed by atoms with Crippen LogP contribution < -0.4 is 10.2 Å². The number of hydrogen-bond acceptors (Lipinski definition) is 4. The van der Waals surface area contributed by atoms with Crippen LogP contribution in [0.1, 0.15) is 63.3 Å². The number of carbonyl (C=O) groups excluding carboxylic acids is 1. The Hall–Kier alpha value is -2.34. The van der Waals surface area contributed by atoms with Gasteiger partial charge in [0.15, 0.2) is 0 Å². The Balaban J connectivity index is 1.24. The Morgan fingerprint density at radius 1 is 1.16 bits per heavy atom. The zero-order valence-electron chi connectivity index (χ0n) is 19.1. The van der Waals surface area contributed by atoms with Gasteiger partial charge in [-0.3, -0.25) is 14.8 Å². The van der Waals surface area contributed by atoms with E-state index in [2.05, 4.69) is 57.5 Å². The molecule has 0 atom stereocenters. The average molecular weight is 424 g/mol. The summed E-state index contributed by atoms with van der Waals surface area (Å²) in [6.45, 7) is 5.24. The van der Waals surface area contributed by atoms with Crippen LogP contribution in [-0.2, 0) is 17.8 Å². The number of rotatable bonds is 8. The largest absolute Gasteiger partial charge is 0.371 e. The molecule has 0 unspecified atom stereocenters. The molecule has 2 heterocycles. The molecule has 1 amide bonds. The lowest BCUT2D eigenvalue weighted by Crippen LogP contribution is -2.43. The van der Waals surface area contributed by atoms with Gasteiger partial charge in [0, 0.05) is 48.7 Å². The zero-order valence-corrected chi connectivity index (χ0v) is 19.1. The van der Waals surface area contributed by atoms with Crippen LogP contribution in [0.2, 0.25) is 0 Å². The van der Waals surface area contributed by atoms with E-state index in [0.717, 1.165) is 63.8 Å². The molecule has 6 heteroatoms. The maximum absolute atomic E-state index is 12.3. The third-order valence-corrected chi connectivity index (χ3v) is 6.92. The van der Waals surface area contributed by atoms with Gasteiger partial charge >= 0.3 is 0 Å². The summed E-state index contributed by atoms with van der Waals surface area (Å²) in [5.41, 5.74) is 4.54. The number of H-pyrrole nitrogens is 1. The smallest absolute Gasteiger partial charge is 0.227 e. The fourth-order valence-electron chi connectivity index (χ4n) is 5.03. The molecule has 0 radical (unpaired) electrons. The van der Waals surface area contributed by atoms with Gasteiger partial charge in [-0.25, -0.2) is 0 Å². The SMILES string of the molecule is CCCc1cc(CN(C)C2CCN(c3ccc(NC(=O)C4CCCC4)cc3)CC2)[nH]n1. The van der Waals surface area contributed by atoms with E-state index in [9.17, 15) is 4.79 Å². The lowest BCUT2D eigenvalue weighted by atomic mass is 10.0. The van der Waals surface area contributed by atoms with Gasteiger partial charge in [-0.15, -0.1) is 0 Å². The Bertz CT molecular complexity index is 832. The summed E-state index contributed by atoms with van der Waals surface area (Å²) in [5.74, 6) is 0.392. The topological polar surface area (TPSA) is 64.3 Å². The molecule has 1 aliphatic carbocycles. The Kier molecular flexibility index (Phi) is 7.28. The number of amides is 1. The highest BCUT2D eigenvalue weighted by atomic mass is 16.1. The van der Waals surface area contributed by atoms with Crippen molar-refractivity contribution in [3.05, 3.63) is 41.7 Å². The van der Waals surface area contributed by atoms with Crippen LogP contribution in [0.15, 0.2) is 30.3 Å². The maximum Gasteiger partial charge on any atom is 0.227 e. The van der Waals surface area contributed by atoms with Crippen molar-refractivity contribution in [1.29, 1.82) is 0 Å². The summed E-state index contributed by atoms with van der Waals surface area (Å²) < 4.78 is 0. The number of carbonyl (C=O) groups is 1. The third kappa shape index (κ3) is 5.67. The van der Waals surface area contributed by atoms with Gasteiger partial charge in [-0.1, -0.05) is 26.2 Å². The van der Waals surface area contributed by atoms with Crippen LogP contribution in [0.5, 0.6) is 0 Å². The molecule has 168 valence electrons. The molecule has 1 aliphatic heterocycles. The molecule has 2 aromatic rings. The number of piperidine rings is 1. The highest BCUT2D eigenvalue weighted by Crippen LogP contribution is 2.27. The molecule has 4 rings (SSSR count). The number of nitrogens with zero attached hydrogens (tertiary/aromatic N) is 3. The summed E-state index contributed by atoms with van der Waals surface area (Å²) in [6, 6.07) is 11.2. The second-order valence-electron chi connectivity index (χ2n) is 9.29. The third-order valence-electron chi connectivity index (χ3n) is 6.92. The van der Waals surface area contributed by atoms with Crippen molar-refractivity contribution >= 4 is 17.3 Å². The number of hydrogen-bond donors (Lipinski definition) is 2. The quantitative estimate of drug-likeness (QED) is 0.652. The first-order valence-electron chi connectivity index (χ1n) is 12.0. The second kappa shape index (κ2) is 10.3. The van der Waals surface area contributed by atoms with Crippen LogP contribution in [0, 0.1) is 5.92 Å². The van der Waals surface area contributed by atoms with Crippen molar-refractivity contribution in [1.82, 2.24) is 15.1 Å². The predicted octanol–water partition coefficient (Wildman–Crippen LogP) is 4.59. The van der Waals surface area contributed by atoms with E-state index in [0.29, 0.717) is 6.04 Å². The zero-order chi connectivity index (χ0) is 21.6. The van der Waals surface area contributed by atoms with Crippen molar-refractivity contribution in [3.63, 3.8) is 0 Å². The first kappa shape index (κ1) is 21.9. The van der Waals surface area contributed by atoms with Gasteiger partial charge in [-0.2, -0.15) is 5.10 Å². The number of aryl methyl sites for hydroxylation is 1. The van der Waals surface area contributed by atoms with Crippen LogP contribution in [0.3, 0.4) is 0 Å². The average Bonchev–Trinajstić information content (AvgIpc) is 3.47. The van der Waals surface area contributed by atoms with Crippen LogP contribution in [-0.4, -0.2) is 47.2 Å². The van der Waals surface area contributed by atoms with Crippen molar-refractivity contribution in [2.75, 3.05) is 30.4 Å². The summed E-state index contributed by atoms with van der Waals surface area (Å²) in [5, 5.41) is 10.7. The van der Waals surface area contributed by atoms with E-state index in [1.807, 2.05) is 12.1 Å². The van der Waals surface area contributed by atoms with Crippen molar-refractivity contribution < 1.29 is 4.79 Å². The van der Waals surface area contributed by atoms with Gasteiger partial charge < -0.3 is 10.2 Å². The molecule has 2 fully saturated rings. The minimum atomic E-state index is 0.188. The second-order valence-corrected chi connectivity index (χ2v) is 9.29. The molecular formula is C25H37N5O. The molecular weight excluding hydrogens is 386 g/mol. The van der Waals surface area contributed by atoms with Gasteiger partial charge in [-0.05, 0) is 69.5 Å². The summed E-state index contributed by atoms with van der Waals surface area (Å²) >= 11 is 0. The van der Waals surface area contributed by atoms with E-state index in [1.54, 1.807) is 0 Å². The van der Waals surface area contributed by atoms with Gasteiger partial charge in [0.1, 0.15) is 0 Å². The molecule has 1 aromatic carbocycles. The van der Waals surface area contributed by atoms with Crippen molar-refractivity contribution in [3.8, 4) is 0 Å². The molecule has 0 bridgehead atoms. The minimum absolute atomic E-state index is 0.188. The van der Waals surface area contributed by atoms with Crippen molar-refractivity contribution in [2.45, 2.75) is 70.9 Å². The number of nitrogens with one attached hydrogen (secondary N) is 2. The van der Waals surface area contributed by atoms with E-state index >= 15 is 0 Å².